The number of aliphatic imine (C=N–C) groups is 2. The van der Waals surface area contributed by atoms with Gasteiger partial charge in [0, 0.05) is 12.6 Å². The van der Waals surface area contributed by atoms with Gasteiger partial charge in [-0.25, -0.2) is 13.4 Å². The molecule has 3 aliphatic rings. The topological polar surface area (TPSA) is 104 Å². The van der Waals surface area contributed by atoms with Crippen LogP contribution in [0.2, 0.25) is 0 Å². The van der Waals surface area contributed by atoms with Gasteiger partial charge in [0.25, 0.3) is 5.91 Å². The first-order valence-corrected chi connectivity index (χ1v) is 9.27. The molecule has 0 radical (unpaired) electrons. The van der Waals surface area contributed by atoms with E-state index >= 15 is 0 Å². The smallest absolute Gasteiger partial charge is 0.255 e. The van der Waals surface area contributed by atoms with E-state index in [9.17, 15) is 13.2 Å². The summed E-state index contributed by atoms with van der Waals surface area (Å²) in [5.41, 5.74) is 0.993. The fourth-order valence-electron chi connectivity index (χ4n) is 3.19. The molecule has 1 aromatic heterocycles. The van der Waals surface area contributed by atoms with Crippen molar-refractivity contribution in [3.05, 3.63) is 16.9 Å². The normalized spacial score (nSPS) is 24.3. The number of rotatable bonds is 2. The Balaban J connectivity index is 1.66. The number of nitrogens with zero attached hydrogens (tertiary/aromatic N) is 3. The standard InChI is InChI=1S/C14H16N4O4S/c1-8-10(13(19)17-9-2-5-23(20,21)6-9)11-12-15-3-4-18(12)7-16-14(11)22-8/h7,9H,2-6H2,1H3,(H,17,19)/t9-/m1/s1. The minimum atomic E-state index is -3.05. The Morgan fingerprint density at radius 1 is 1.48 bits per heavy atom. The number of aryl methyl sites for hydroxylation is 1. The van der Waals surface area contributed by atoms with Gasteiger partial charge in [0.2, 0.25) is 5.88 Å². The first-order valence-electron chi connectivity index (χ1n) is 7.45. The summed E-state index contributed by atoms with van der Waals surface area (Å²) in [5.74, 6) is 1.30. The molecule has 3 aliphatic heterocycles. The van der Waals surface area contributed by atoms with Gasteiger partial charge in [0.05, 0.1) is 29.2 Å². The average molecular weight is 336 g/mol. The number of sulfone groups is 1. The van der Waals surface area contributed by atoms with Crippen LogP contribution in [0.25, 0.3) is 0 Å². The zero-order chi connectivity index (χ0) is 16.2. The second kappa shape index (κ2) is 4.92. The van der Waals surface area contributed by atoms with E-state index in [1.165, 1.54) is 0 Å². The number of amidine groups is 1. The highest BCUT2D eigenvalue weighted by atomic mass is 32.2. The van der Waals surface area contributed by atoms with Gasteiger partial charge in [-0.1, -0.05) is 0 Å². The van der Waals surface area contributed by atoms with Gasteiger partial charge in [-0.2, -0.15) is 0 Å². The number of hydrogen-bond donors (Lipinski definition) is 1. The van der Waals surface area contributed by atoms with Crippen LogP contribution >= 0.6 is 0 Å². The van der Waals surface area contributed by atoms with Crippen molar-refractivity contribution in [2.45, 2.75) is 19.4 Å². The highest BCUT2D eigenvalue weighted by molar-refractivity contribution is 7.91. The van der Waals surface area contributed by atoms with Crippen molar-refractivity contribution in [2.24, 2.45) is 9.98 Å². The number of carbonyl (C=O) groups is 1. The maximum atomic E-state index is 12.7. The van der Waals surface area contributed by atoms with Gasteiger partial charge in [-0.15, -0.1) is 0 Å². The van der Waals surface area contributed by atoms with Crippen LogP contribution in [0.15, 0.2) is 14.4 Å². The fourth-order valence-corrected chi connectivity index (χ4v) is 4.86. The fraction of sp³-hybridized carbons (Fsp3) is 0.500. The van der Waals surface area contributed by atoms with Crippen molar-refractivity contribution < 1.29 is 17.6 Å². The highest BCUT2D eigenvalue weighted by Crippen LogP contribution is 2.34. The van der Waals surface area contributed by atoms with Gasteiger partial charge in [-0.3, -0.25) is 9.79 Å². The van der Waals surface area contributed by atoms with Crippen LogP contribution in [0, 0.1) is 6.92 Å². The Kier molecular flexibility index (Phi) is 3.09. The van der Waals surface area contributed by atoms with Gasteiger partial charge in [-0.05, 0) is 13.3 Å². The minimum Gasteiger partial charge on any atom is -0.442 e. The van der Waals surface area contributed by atoms with Crippen LogP contribution in [-0.2, 0) is 9.84 Å². The molecule has 1 fully saturated rings. The summed E-state index contributed by atoms with van der Waals surface area (Å²) in [6, 6.07) is -0.355. The monoisotopic (exact) mass is 336 g/mol. The molecule has 0 spiro atoms. The number of fused-ring (bicyclic) bond motifs is 3. The summed E-state index contributed by atoms with van der Waals surface area (Å²) in [4.78, 5) is 23.2. The van der Waals surface area contributed by atoms with Crippen LogP contribution < -0.4 is 5.32 Å². The van der Waals surface area contributed by atoms with Gasteiger partial charge < -0.3 is 14.6 Å². The lowest BCUT2D eigenvalue weighted by Gasteiger charge is -2.18. The third kappa shape index (κ3) is 2.35. The molecule has 0 bridgehead atoms. The number of hydrogen-bond acceptors (Lipinski definition) is 7. The predicted molar refractivity (Wildman–Crippen MR) is 84.2 cm³/mol. The molecule has 1 atom stereocenters. The Hall–Kier alpha value is -2.16. The number of nitrogens with one attached hydrogen (secondary N) is 1. The molecule has 1 N–H and O–H groups in total. The van der Waals surface area contributed by atoms with E-state index in [-0.39, 0.29) is 23.5 Å². The van der Waals surface area contributed by atoms with Crippen molar-refractivity contribution in [1.29, 1.82) is 0 Å². The van der Waals surface area contributed by atoms with E-state index in [0.717, 1.165) is 6.54 Å². The molecule has 8 nitrogen and oxygen atoms in total. The third-order valence-electron chi connectivity index (χ3n) is 4.27. The summed E-state index contributed by atoms with van der Waals surface area (Å²) in [7, 11) is -3.05. The van der Waals surface area contributed by atoms with Crippen molar-refractivity contribution in [1.82, 2.24) is 10.2 Å². The second-order valence-electron chi connectivity index (χ2n) is 5.93. The molecule has 0 aliphatic carbocycles. The maximum Gasteiger partial charge on any atom is 0.255 e. The molecule has 9 heteroatoms. The lowest BCUT2D eigenvalue weighted by Crippen LogP contribution is -2.37. The molecule has 122 valence electrons. The van der Waals surface area contributed by atoms with E-state index in [1.807, 2.05) is 4.90 Å². The lowest BCUT2D eigenvalue weighted by atomic mass is 10.1. The van der Waals surface area contributed by atoms with Crippen molar-refractivity contribution >= 4 is 33.8 Å². The van der Waals surface area contributed by atoms with Crippen LogP contribution in [0.5, 0.6) is 0 Å². The molecule has 4 heterocycles. The molecule has 1 aromatic rings. The Morgan fingerprint density at radius 2 is 2.30 bits per heavy atom. The summed E-state index contributed by atoms with van der Waals surface area (Å²) in [6.45, 7) is 3.07. The van der Waals surface area contributed by atoms with Crippen molar-refractivity contribution in [2.75, 3.05) is 24.6 Å². The van der Waals surface area contributed by atoms with E-state index in [2.05, 4.69) is 15.3 Å². The molecular formula is C14H16N4O4S. The highest BCUT2D eigenvalue weighted by Gasteiger charge is 2.35. The SMILES string of the molecule is Cc1oc2c(c1C(=O)N[C@@H]1CCS(=O)(=O)C1)C1=NCCN1C=N2. The average Bonchev–Trinajstić information content (AvgIpc) is 3.14. The summed E-state index contributed by atoms with van der Waals surface area (Å²) < 4.78 is 28.7. The summed E-state index contributed by atoms with van der Waals surface area (Å²) in [6.07, 6.45) is 2.10. The van der Waals surface area contributed by atoms with Crippen molar-refractivity contribution in [3.8, 4) is 0 Å². The van der Waals surface area contributed by atoms with Gasteiger partial charge in [0.15, 0.2) is 9.84 Å². The zero-order valence-corrected chi connectivity index (χ0v) is 13.4. The van der Waals surface area contributed by atoms with Crippen LogP contribution in [0.3, 0.4) is 0 Å². The summed E-state index contributed by atoms with van der Waals surface area (Å²) in [5, 5.41) is 2.80. The van der Waals surface area contributed by atoms with Crippen LogP contribution in [-0.4, -0.2) is 62.0 Å². The first kappa shape index (κ1) is 14.4. The minimum absolute atomic E-state index is 0.0109. The number of amides is 1. The Bertz CT molecular complexity index is 852. The van der Waals surface area contributed by atoms with Gasteiger partial charge in [0.1, 0.15) is 17.9 Å². The maximum absolute atomic E-state index is 12.7. The quantitative estimate of drug-likeness (QED) is 0.833. The van der Waals surface area contributed by atoms with E-state index in [1.54, 1.807) is 13.3 Å². The third-order valence-corrected chi connectivity index (χ3v) is 6.04. The molecule has 0 saturated carbocycles. The van der Waals surface area contributed by atoms with Gasteiger partial charge >= 0.3 is 0 Å². The second-order valence-corrected chi connectivity index (χ2v) is 8.16. The van der Waals surface area contributed by atoms with Crippen molar-refractivity contribution in [3.63, 3.8) is 0 Å². The zero-order valence-electron chi connectivity index (χ0n) is 12.6. The number of carbonyl (C=O) groups excluding carboxylic acids is 1. The Morgan fingerprint density at radius 3 is 3.04 bits per heavy atom. The van der Waals surface area contributed by atoms with Crippen LogP contribution in [0.4, 0.5) is 5.88 Å². The molecule has 0 unspecified atom stereocenters. The molecule has 1 amide bonds. The molecule has 23 heavy (non-hydrogen) atoms. The predicted octanol–water partition coefficient (Wildman–Crippen LogP) is 0.241. The lowest BCUT2D eigenvalue weighted by molar-refractivity contribution is 0.0939. The molecule has 4 rings (SSSR count). The summed E-state index contributed by atoms with van der Waals surface area (Å²) >= 11 is 0. The largest absolute Gasteiger partial charge is 0.442 e. The Labute approximate surface area is 133 Å². The van der Waals surface area contributed by atoms with E-state index in [0.29, 0.717) is 41.6 Å². The molecule has 1 saturated heterocycles. The molecule has 0 aromatic carbocycles. The number of furan rings is 1. The first-order chi connectivity index (χ1) is 10.9. The van der Waals surface area contributed by atoms with E-state index < -0.39 is 9.84 Å². The molecular weight excluding hydrogens is 320 g/mol. The van der Waals surface area contributed by atoms with E-state index in [4.69, 9.17) is 4.42 Å². The van der Waals surface area contributed by atoms with Crippen LogP contribution in [0.1, 0.15) is 28.1 Å².